The Morgan fingerprint density at radius 3 is 2.64 bits per heavy atom. The van der Waals surface area contributed by atoms with Crippen molar-refractivity contribution in [2.45, 2.75) is 19.4 Å². The van der Waals surface area contributed by atoms with E-state index in [0.717, 1.165) is 28.7 Å². The lowest BCUT2D eigenvalue weighted by atomic mass is 10.2. The first-order valence-electron chi connectivity index (χ1n) is 8.15. The zero-order chi connectivity index (χ0) is 17.6. The van der Waals surface area contributed by atoms with Gasteiger partial charge >= 0.3 is 0 Å². The van der Waals surface area contributed by atoms with E-state index in [9.17, 15) is 4.79 Å². The van der Waals surface area contributed by atoms with Gasteiger partial charge in [-0.15, -0.1) is 0 Å². The summed E-state index contributed by atoms with van der Waals surface area (Å²) >= 11 is 12.7. The molecule has 0 saturated carbocycles. The fourth-order valence-electron chi connectivity index (χ4n) is 2.60. The van der Waals surface area contributed by atoms with E-state index < -0.39 is 0 Å². The van der Waals surface area contributed by atoms with Gasteiger partial charge in [-0.2, -0.15) is 0 Å². The van der Waals surface area contributed by atoms with Crippen LogP contribution in [0.4, 0.5) is 0 Å². The number of nitrogens with one attached hydrogen (secondary N) is 1. The van der Waals surface area contributed by atoms with Crippen LogP contribution in [-0.4, -0.2) is 34.0 Å². The van der Waals surface area contributed by atoms with Crippen molar-refractivity contribution in [3.05, 3.63) is 47.2 Å². The Labute approximate surface area is 161 Å². The number of nitrogens with zero attached hydrogens (tertiary/aromatic N) is 1. The van der Waals surface area contributed by atoms with E-state index in [1.54, 1.807) is 0 Å². The third kappa shape index (κ3) is 5.23. The molecule has 0 spiro atoms. The summed E-state index contributed by atoms with van der Waals surface area (Å²) in [5.41, 5.74) is 0.952. The number of amides is 1. The molecule has 1 N–H and O–H groups in total. The SMILES string of the molecule is O=C(CSC(=S)N1CCCC1)NCc1ccc(-c2ccc(Cl)cc2)o1. The summed E-state index contributed by atoms with van der Waals surface area (Å²) in [5, 5.41) is 3.55. The second-order valence-corrected chi connectivity index (χ2v) is 7.84. The highest BCUT2D eigenvalue weighted by Gasteiger charge is 2.16. The van der Waals surface area contributed by atoms with Crippen molar-refractivity contribution in [2.24, 2.45) is 0 Å². The maximum atomic E-state index is 12.0. The number of thiocarbonyl (C=S) groups is 1. The molecule has 1 aromatic heterocycles. The second kappa shape index (κ2) is 8.74. The lowest BCUT2D eigenvalue weighted by Gasteiger charge is -2.17. The molecule has 1 aromatic carbocycles. The molecule has 0 atom stereocenters. The number of hydrogen-bond donors (Lipinski definition) is 1. The first kappa shape index (κ1) is 18.3. The van der Waals surface area contributed by atoms with Gasteiger partial charge in [-0.25, -0.2) is 0 Å². The van der Waals surface area contributed by atoms with E-state index >= 15 is 0 Å². The van der Waals surface area contributed by atoms with Gasteiger partial charge in [0.1, 0.15) is 15.8 Å². The number of rotatable bonds is 5. The molecule has 0 radical (unpaired) electrons. The molecule has 25 heavy (non-hydrogen) atoms. The van der Waals surface area contributed by atoms with Crippen LogP contribution in [0.3, 0.4) is 0 Å². The molecule has 0 unspecified atom stereocenters. The normalized spacial score (nSPS) is 13.9. The standard InChI is InChI=1S/C18H19ClN2O2S2/c19-14-5-3-13(4-6-14)16-8-7-15(23-16)11-20-17(22)12-25-18(24)21-9-1-2-10-21/h3-8H,1-2,9-12H2,(H,20,22). The zero-order valence-corrected chi connectivity index (χ0v) is 16.1. The average molecular weight is 395 g/mol. The van der Waals surface area contributed by atoms with Gasteiger partial charge < -0.3 is 14.6 Å². The minimum atomic E-state index is -0.0454. The third-order valence-corrected chi connectivity index (χ3v) is 5.72. The van der Waals surface area contributed by atoms with Gasteiger partial charge in [-0.3, -0.25) is 4.79 Å². The summed E-state index contributed by atoms with van der Waals surface area (Å²) in [5.74, 6) is 1.76. The fraction of sp³-hybridized carbons (Fsp3) is 0.333. The molecular weight excluding hydrogens is 376 g/mol. The highest BCUT2D eigenvalue weighted by Crippen LogP contribution is 2.23. The lowest BCUT2D eigenvalue weighted by Crippen LogP contribution is -2.28. The van der Waals surface area contributed by atoms with Crippen LogP contribution in [0.15, 0.2) is 40.8 Å². The van der Waals surface area contributed by atoms with Crippen LogP contribution in [0, 0.1) is 0 Å². The van der Waals surface area contributed by atoms with Crippen molar-refractivity contribution >= 4 is 45.8 Å². The first-order chi connectivity index (χ1) is 12.1. The Balaban J connectivity index is 1.44. The van der Waals surface area contributed by atoms with Gasteiger partial charge in [0, 0.05) is 23.7 Å². The quantitative estimate of drug-likeness (QED) is 0.764. The molecule has 1 aliphatic heterocycles. The van der Waals surface area contributed by atoms with Crippen LogP contribution >= 0.6 is 35.6 Å². The minimum absolute atomic E-state index is 0.0454. The van der Waals surface area contributed by atoms with Crippen molar-refractivity contribution in [1.29, 1.82) is 0 Å². The van der Waals surface area contributed by atoms with Crippen LogP contribution in [0.1, 0.15) is 18.6 Å². The molecule has 1 aliphatic rings. The number of halogens is 1. The van der Waals surface area contributed by atoms with Crippen molar-refractivity contribution in [2.75, 3.05) is 18.8 Å². The van der Waals surface area contributed by atoms with Gasteiger partial charge in [0.15, 0.2) is 0 Å². The lowest BCUT2D eigenvalue weighted by molar-refractivity contribution is -0.118. The number of hydrogen-bond acceptors (Lipinski definition) is 4. The molecular formula is C18H19ClN2O2S2. The second-order valence-electron chi connectivity index (χ2n) is 5.80. The van der Waals surface area contributed by atoms with Gasteiger partial charge in [-0.05, 0) is 49.2 Å². The van der Waals surface area contributed by atoms with Crippen molar-refractivity contribution in [1.82, 2.24) is 10.2 Å². The molecule has 1 fully saturated rings. The van der Waals surface area contributed by atoms with Crippen LogP contribution in [-0.2, 0) is 11.3 Å². The van der Waals surface area contributed by atoms with Gasteiger partial charge in [0.25, 0.3) is 0 Å². The van der Waals surface area contributed by atoms with Crippen LogP contribution < -0.4 is 5.32 Å². The van der Waals surface area contributed by atoms with E-state index in [-0.39, 0.29) is 5.91 Å². The summed E-state index contributed by atoms with van der Waals surface area (Å²) in [6.45, 7) is 2.38. The molecule has 3 rings (SSSR count). The number of furan rings is 1. The van der Waals surface area contributed by atoms with Crippen LogP contribution in [0.2, 0.25) is 5.02 Å². The van der Waals surface area contributed by atoms with E-state index in [2.05, 4.69) is 10.2 Å². The summed E-state index contributed by atoms with van der Waals surface area (Å²) in [7, 11) is 0. The van der Waals surface area contributed by atoms with Gasteiger partial charge in [0.05, 0.1) is 12.3 Å². The molecule has 0 aliphatic carbocycles. The summed E-state index contributed by atoms with van der Waals surface area (Å²) < 4.78 is 6.58. The predicted octanol–water partition coefficient (Wildman–Crippen LogP) is 4.33. The molecule has 132 valence electrons. The van der Waals surface area contributed by atoms with Crippen molar-refractivity contribution < 1.29 is 9.21 Å². The Bertz CT molecular complexity index is 740. The highest BCUT2D eigenvalue weighted by atomic mass is 35.5. The van der Waals surface area contributed by atoms with E-state index in [1.807, 2.05) is 36.4 Å². The molecule has 1 saturated heterocycles. The monoisotopic (exact) mass is 394 g/mol. The van der Waals surface area contributed by atoms with Crippen LogP contribution in [0.25, 0.3) is 11.3 Å². The molecule has 2 aromatic rings. The molecule has 7 heteroatoms. The largest absolute Gasteiger partial charge is 0.459 e. The summed E-state index contributed by atoms with van der Waals surface area (Å²) in [6, 6.07) is 11.2. The Morgan fingerprint density at radius 1 is 1.20 bits per heavy atom. The maximum absolute atomic E-state index is 12.0. The highest BCUT2D eigenvalue weighted by molar-refractivity contribution is 8.23. The fourth-order valence-corrected chi connectivity index (χ4v) is 3.80. The third-order valence-electron chi connectivity index (χ3n) is 3.94. The number of carbonyl (C=O) groups is 1. The van der Waals surface area contributed by atoms with Gasteiger partial charge in [-0.1, -0.05) is 35.6 Å². The van der Waals surface area contributed by atoms with Gasteiger partial charge in [0.2, 0.25) is 5.91 Å². The number of likely N-dealkylation sites (tertiary alicyclic amines) is 1. The average Bonchev–Trinajstić information content (AvgIpc) is 3.30. The molecule has 0 bridgehead atoms. The first-order valence-corrected chi connectivity index (χ1v) is 9.92. The molecule has 4 nitrogen and oxygen atoms in total. The summed E-state index contributed by atoms with van der Waals surface area (Å²) in [4.78, 5) is 14.1. The molecule has 1 amide bonds. The number of carbonyl (C=O) groups excluding carboxylic acids is 1. The topological polar surface area (TPSA) is 45.5 Å². The van der Waals surface area contributed by atoms with E-state index in [1.165, 1.54) is 24.6 Å². The minimum Gasteiger partial charge on any atom is -0.459 e. The zero-order valence-electron chi connectivity index (χ0n) is 13.7. The Kier molecular flexibility index (Phi) is 6.39. The van der Waals surface area contributed by atoms with Crippen molar-refractivity contribution in [3.63, 3.8) is 0 Å². The summed E-state index contributed by atoms with van der Waals surface area (Å²) in [6.07, 6.45) is 2.36. The van der Waals surface area contributed by atoms with Crippen molar-refractivity contribution in [3.8, 4) is 11.3 Å². The maximum Gasteiger partial charge on any atom is 0.230 e. The number of thioether (sulfide) groups is 1. The van der Waals surface area contributed by atoms with E-state index in [4.69, 9.17) is 28.2 Å². The smallest absolute Gasteiger partial charge is 0.230 e. The van der Waals surface area contributed by atoms with E-state index in [0.29, 0.717) is 23.1 Å². The Morgan fingerprint density at radius 2 is 1.92 bits per heavy atom. The molecule has 2 heterocycles. The van der Waals surface area contributed by atoms with Crippen LogP contribution in [0.5, 0.6) is 0 Å². The predicted molar refractivity (Wildman–Crippen MR) is 107 cm³/mol. The number of benzene rings is 1. The Hall–Kier alpha value is -1.50.